The van der Waals surface area contributed by atoms with Crippen LogP contribution in [0.1, 0.15) is 49.9 Å². The largest absolute Gasteiger partial charge is 0.487 e. The summed E-state index contributed by atoms with van der Waals surface area (Å²) < 4.78 is 5.83. The lowest BCUT2D eigenvalue weighted by Gasteiger charge is -2.27. The second kappa shape index (κ2) is 11.9. The second-order valence-corrected chi connectivity index (χ2v) is 7.04. The summed E-state index contributed by atoms with van der Waals surface area (Å²) >= 11 is 0. The smallest absolute Gasteiger partial charge is 0.223 e. The molecule has 1 aromatic carbocycles. The molecule has 1 fully saturated rings. The maximum absolute atomic E-state index is 12.5. The molecule has 1 heterocycles. The van der Waals surface area contributed by atoms with Gasteiger partial charge in [-0.05, 0) is 56.0 Å². The summed E-state index contributed by atoms with van der Waals surface area (Å²) in [4.78, 5) is 16.8. The predicted molar refractivity (Wildman–Crippen MR) is 116 cm³/mol. The van der Waals surface area contributed by atoms with Crippen LogP contribution in [-0.2, 0) is 11.4 Å². The van der Waals surface area contributed by atoms with Crippen LogP contribution in [0.5, 0.6) is 5.75 Å². The number of carbonyl (C=O) groups excluding carboxylic acids is 1. The van der Waals surface area contributed by atoms with Crippen molar-refractivity contribution in [1.82, 2.24) is 10.3 Å². The Balaban J connectivity index is 0.00000196. The molecule has 0 bridgehead atoms. The molecule has 3 rings (SSSR count). The van der Waals surface area contributed by atoms with Crippen molar-refractivity contribution in [2.45, 2.75) is 51.3 Å². The summed E-state index contributed by atoms with van der Waals surface area (Å²) in [5.41, 5.74) is 7.91. The van der Waals surface area contributed by atoms with E-state index in [0.717, 1.165) is 42.7 Å². The van der Waals surface area contributed by atoms with Crippen molar-refractivity contribution in [3.63, 3.8) is 0 Å². The molecular weight excluding hydrogens is 397 g/mol. The van der Waals surface area contributed by atoms with Crippen molar-refractivity contribution in [1.29, 1.82) is 0 Å². The zero-order valence-electron chi connectivity index (χ0n) is 16.0. The molecule has 3 atom stereocenters. The normalized spacial score (nSPS) is 19.5. The Hall–Kier alpha value is -1.82. The number of hydrogen-bond acceptors (Lipinski definition) is 4. The molecule has 0 spiro atoms. The number of nitrogens with two attached hydrogens (primary N) is 1. The predicted octanol–water partition coefficient (Wildman–Crippen LogP) is 4.20. The van der Waals surface area contributed by atoms with E-state index >= 15 is 0 Å². The van der Waals surface area contributed by atoms with E-state index in [-0.39, 0.29) is 48.7 Å². The van der Waals surface area contributed by atoms with Crippen LogP contribution in [0.2, 0.25) is 0 Å². The number of amides is 1. The summed E-state index contributed by atoms with van der Waals surface area (Å²) in [6, 6.07) is 13.7. The Morgan fingerprint density at radius 3 is 2.79 bits per heavy atom. The Labute approximate surface area is 179 Å². The van der Waals surface area contributed by atoms with Gasteiger partial charge in [0.05, 0.1) is 11.7 Å². The van der Waals surface area contributed by atoms with Gasteiger partial charge in [-0.3, -0.25) is 9.78 Å². The van der Waals surface area contributed by atoms with Gasteiger partial charge < -0.3 is 15.8 Å². The third-order valence-corrected chi connectivity index (χ3v) is 4.92. The first-order chi connectivity index (χ1) is 12.6. The Morgan fingerprint density at radius 1 is 1.25 bits per heavy atom. The molecule has 1 saturated carbocycles. The number of halogens is 2. The first-order valence-corrected chi connectivity index (χ1v) is 9.30. The van der Waals surface area contributed by atoms with Gasteiger partial charge in [-0.1, -0.05) is 24.6 Å². The quantitative estimate of drug-likeness (QED) is 0.726. The highest BCUT2D eigenvalue weighted by Crippen LogP contribution is 2.25. The second-order valence-electron chi connectivity index (χ2n) is 7.04. The number of nitrogens with one attached hydrogen (secondary N) is 1. The average Bonchev–Trinajstić information content (AvgIpc) is 2.67. The molecule has 5 nitrogen and oxygen atoms in total. The zero-order chi connectivity index (χ0) is 18.4. The molecule has 0 saturated heterocycles. The highest BCUT2D eigenvalue weighted by molar-refractivity contribution is 5.85. The van der Waals surface area contributed by atoms with Crippen LogP contribution in [-0.4, -0.2) is 16.9 Å². The Bertz CT molecular complexity index is 731. The molecule has 7 heteroatoms. The topological polar surface area (TPSA) is 77.2 Å². The van der Waals surface area contributed by atoms with Crippen molar-refractivity contribution >= 4 is 30.7 Å². The number of ether oxygens (including phenoxy) is 1. The van der Waals surface area contributed by atoms with E-state index < -0.39 is 0 Å². The van der Waals surface area contributed by atoms with Gasteiger partial charge in [0.1, 0.15) is 12.4 Å². The highest BCUT2D eigenvalue weighted by atomic mass is 35.5. The monoisotopic (exact) mass is 425 g/mol. The SMILES string of the molecule is CC(NC(=O)C1CCCC(N)C1)c1cccc(OCc2ccccn2)c1.Cl.Cl. The summed E-state index contributed by atoms with van der Waals surface area (Å²) in [5, 5.41) is 3.13. The maximum atomic E-state index is 12.5. The lowest BCUT2D eigenvalue weighted by Crippen LogP contribution is -2.38. The van der Waals surface area contributed by atoms with E-state index in [2.05, 4.69) is 10.3 Å². The van der Waals surface area contributed by atoms with Gasteiger partial charge in [0.25, 0.3) is 0 Å². The summed E-state index contributed by atoms with van der Waals surface area (Å²) in [5.74, 6) is 0.909. The van der Waals surface area contributed by atoms with Gasteiger partial charge in [0.15, 0.2) is 0 Å². The van der Waals surface area contributed by atoms with E-state index in [4.69, 9.17) is 10.5 Å². The molecular formula is C21H29Cl2N3O2. The Morgan fingerprint density at radius 2 is 2.07 bits per heavy atom. The van der Waals surface area contributed by atoms with Gasteiger partial charge in [0.2, 0.25) is 5.91 Å². The third-order valence-electron chi connectivity index (χ3n) is 4.92. The maximum Gasteiger partial charge on any atom is 0.223 e. The molecule has 1 amide bonds. The van der Waals surface area contributed by atoms with E-state index in [9.17, 15) is 4.79 Å². The van der Waals surface area contributed by atoms with Crippen LogP contribution in [0.4, 0.5) is 0 Å². The molecule has 3 unspecified atom stereocenters. The van der Waals surface area contributed by atoms with Crippen molar-refractivity contribution in [3.8, 4) is 5.75 Å². The van der Waals surface area contributed by atoms with Crippen LogP contribution >= 0.6 is 24.8 Å². The Kier molecular flexibility index (Phi) is 10.3. The minimum Gasteiger partial charge on any atom is -0.487 e. The standard InChI is InChI=1S/C21H27N3O2.2ClH/c1-15(24-21(25)17-7-4-8-18(22)12-17)16-6-5-10-20(13-16)26-14-19-9-2-3-11-23-19;;/h2-3,5-6,9-11,13,15,17-18H,4,7-8,12,14,22H2,1H3,(H,24,25);2*1H. The number of rotatable bonds is 6. The van der Waals surface area contributed by atoms with Gasteiger partial charge in [-0.15, -0.1) is 24.8 Å². The van der Waals surface area contributed by atoms with Gasteiger partial charge in [-0.2, -0.15) is 0 Å². The van der Waals surface area contributed by atoms with Gasteiger partial charge in [-0.25, -0.2) is 0 Å². The van der Waals surface area contributed by atoms with Crippen LogP contribution in [0.15, 0.2) is 48.7 Å². The number of benzene rings is 1. The molecule has 2 aromatic rings. The van der Waals surface area contributed by atoms with E-state index in [1.54, 1.807) is 6.20 Å². The molecule has 28 heavy (non-hydrogen) atoms. The third kappa shape index (κ3) is 6.97. The number of nitrogens with zero attached hydrogens (tertiary/aromatic N) is 1. The first kappa shape index (κ1) is 24.2. The van der Waals surface area contributed by atoms with Crippen LogP contribution in [0.25, 0.3) is 0 Å². The zero-order valence-corrected chi connectivity index (χ0v) is 17.7. The number of aromatic nitrogens is 1. The lowest BCUT2D eigenvalue weighted by atomic mass is 9.85. The van der Waals surface area contributed by atoms with Crippen LogP contribution in [0.3, 0.4) is 0 Å². The van der Waals surface area contributed by atoms with Gasteiger partial charge in [0, 0.05) is 18.2 Å². The summed E-state index contributed by atoms with van der Waals surface area (Å²) in [7, 11) is 0. The number of carbonyl (C=O) groups is 1. The summed E-state index contributed by atoms with van der Waals surface area (Å²) in [6.07, 6.45) is 5.52. The van der Waals surface area contributed by atoms with Crippen molar-refractivity contribution in [2.75, 3.05) is 0 Å². The fourth-order valence-corrected chi connectivity index (χ4v) is 3.39. The molecule has 3 N–H and O–H groups in total. The van der Waals surface area contributed by atoms with Crippen molar-refractivity contribution in [2.24, 2.45) is 11.7 Å². The molecule has 1 aliphatic rings. The fraction of sp³-hybridized carbons (Fsp3) is 0.429. The van der Waals surface area contributed by atoms with E-state index in [1.807, 2.05) is 49.4 Å². The van der Waals surface area contributed by atoms with Gasteiger partial charge >= 0.3 is 0 Å². The summed E-state index contributed by atoms with van der Waals surface area (Å²) in [6.45, 7) is 2.42. The highest BCUT2D eigenvalue weighted by Gasteiger charge is 2.26. The number of hydrogen-bond donors (Lipinski definition) is 2. The molecule has 1 aliphatic carbocycles. The van der Waals surface area contributed by atoms with E-state index in [1.165, 1.54) is 0 Å². The molecule has 1 aromatic heterocycles. The number of pyridine rings is 1. The lowest BCUT2D eigenvalue weighted by molar-refractivity contribution is -0.126. The fourth-order valence-electron chi connectivity index (χ4n) is 3.39. The molecule has 0 aliphatic heterocycles. The molecule has 0 radical (unpaired) electrons. The molecule has 154 valence electrons. The average molecular weight is 426 g/mol. The van der Waals surface area contributed by atoms with Crippen molar-refractivity contribution < 1.29 is 9.53 Å². The van der Waals surface area contributed by atoms with Crippen LogP contribution < -0.4 is 15.8 Å². The minimum absolute atomic E-state index is 0. The minimum atomic E-state index is -0.0703. The first-order valence-electron chi connectivity index (χ1n) is 9.30. The van der Waals surface area contributed by atoms with Crippen molar-refractivity contribution in [3.05, 3.63) is 59.9 Å². The van der Waals surface area contributed by atoms with Crippen LogP contribution in [0, 0.1) is 5.92 Å². The van der Waals surface area contributed by atoms with E-state index in [0.29, 0.717) is 6.61 Å².